The van der Waals surface area contributed by atoms with Gasteiger partial charge in [-0.1, -0.05) is 12.5 Å². The van der Waals surface area contributed by atoms with Crippen LogP contribution in [0, 0.1) is 22.5 Å². The quantitative estimate of drug-likeness (QED) is 0.505. The molecule has 0 spiro atoms. The van der Waals surface area contributed by atoms with Crippen molar-refractivity contribution in [1.29, 1.82) is 0 Å². The van der Waals surface area contributed by atoms with Gasteiger partial charge in [0.05, 0.1) is 11.5 Å². The van der Waals surface area contributed by atoms with E-state index in [2.05, 4.69) is 12.6 Å². The fraction of sp³-hybridized carbons (Fsp3) is 0.538. The van der Waals surface area contributed by atoms with Crippen molar-refractivity contribution >= 4 is 18.3 Å². The second-order valence-corrected chi connectivity index (χ2v) is 5.34. The Bertz CT molecular complexity index is 452. The molecular weight excluding hydrogens is 250 g/mol. The Balaban J connectivity index is 2.11. The minimum absolute atomic E-state index is 0.0450. The van der Waals surface area contributed by atoms with Gasteiger partial charge in [0.15, 0.2) is 5.75 Å². The van der Waals surface area contributed by atoms with Crippen molar-refractivity contribution in [2.75, 3.05) is 12.4 Å². The van der Waals surface area contributed by atoms with E-state index in [1.165, 1.54) is 6.42 Å². The third-order valence-corrected chi connectivity index (χ3v) is 4.27. The van der Waals surface area contributed by atoms with Crippen LogP contribution in [0.15, 0.2) is 18.2 Å². The second-order valence-electron chi connectivity index (χ2n) is 5.03. The van der Waals surface area contributed by atoms with E-state index in [0.717, 1.165) is 24.2 Å². The van der Waals surface area contributed by atoms with E-state index >= 15 is 0 Å². The highest BCUT2D eigenvalue weighted by molar-refractivity contribution is 7.80. The summed E-state index contributed by atoms with van der Waals surface area (Å²) in [6.45, 7) is 2.35. The summed E-state index contributed by atoms with van der Waals surface area (Å²) in [5, 5.41) is 11.0. The zero-order chi connectivity index (χ0) is 13.2. The lowest BCUT2D eigenvalue weighted by atomic mass is 9.71. The molecule has 0 bridgehead atoms. The number of aryl methyl sites for hydroxylation is 1. The van der Waals surface area contributed by atoms with E-state index in [4.69, 9.17) is 4.74 Å². The van der Waals surface area contributed by atoms with Crippen LogP contribution >= 0.6 is 12.6 Å². The maximum absolute atomic E-state index is 11.0. The number of thiol groups is 1. The number of ether oxygens (including phenoxy) is 1. The topological polar surface area (TPSA) is 52.4 Å². The van der Waals surface area contributed by atoms with Crippen molar-refractivity contribution in [1.82, 2.24) is 0 Å². The molecule has 1 aliphatic rings. The lowest BCUT2D eigenvalue weighted by molar-refractivity contribution is -0.386. The van der Waals surface area contributed by atoms with Crippen molar-refractivity contribution in [3.63, 3.8) is 0 Å². The molecule has 0 amide bonds. The van der Waals surface area contributed by atoms with Crippen LogP contribution in [0.25, 0.3) is 0 Å². The van der Waals surface area contributed by atoms with E-state index in [9.17, 15) is 10.1 Å². The summed E-state index contributed by atoms with van der Waals surface area (Å²) in [7, 11) is 0. The Morgan fingerprint density at radius 2 is 2.22 bits per heavy atom. The average molecular weight is 267 g/mol. The molecule has 0 heterocycles. The van der Waals surface area contributed by atoms with Gasteiger partial charge in [0.25, 0.3) is 0 Å². The van der Waals surface area contributed by atoms with Crippen LogP contribution in [0.4, 0.5) is 5.69 Å². The first-order valence-corrected chi connectivity index (χ1v) is 6.68. The highest BCUT2D eigenvalue weighted by Crippen LogP contribution is 2.42. The Kier molecular flexibility index (Phi) is 3.80. The zero-order valence-corrected chi connectivity index (χ0v) is 11.3. The number of hydrogen-bond acceptors (Lipinski definition) is 4. The normalized spacial score (nSPS) is 17.0. The van der Waals surface area contributed by atoms with Crippen LogP contribution in [0.5, 0.6) is 5.75 Å². The van der Waals surface area contributed by atoms with Crippen molar-refractivity contribution in [2.24, 2.45) is 5.41 Å². The Hall–Kier alpha value is -1.23. The first-order valence-electron chi connectivity index (χ1n) is 6.05. The first-order chi connectivity index (χ1) is 8.56. The Morgan fingerprint density at radius 1 is 1.50 bits per heavy atom. The van der Waals surface area contributed by atoms with Crippen molar-refractivity contribution in [3.8, 4) is 5.75 Å². The van der Waals surface area contributed by atoms with Gasteiger partial charge in [0.1, 0.15) is 0 Å². The Morgan fingerprint density at radius 3 is 2.72 bits per heavy atom. The molecule has 4 nitrogen and oxygen atoms in total. The van der Waals surface area contributed by atoms with Gasteiger partial charge in [0.2, 0.25) is 0 Å². The predicted octanol–water partition coefficient (Wildman–Crippen LogP) is 3.38. The third kappa shape index (κ3) is 2.61. The molecule has 1 saturated carbocycles. The summed E-state index contributed by atoms with van der Waals surface area (Å²) >= 11 is 4.35. The van der Waals surface area contributed by atoms with Crippen LogP contribution in [0.2, 0.25) is 0 Å². The van der Waals surface area contributed by atoms with E-state index in [1.54, 1.807) is 12.1 Å². The fourth-order valence-corrected chi connectivity index (χ4v) is 2.56. The zero-order valence-electron chi connectivity index (χ0n) is 10.4. The van der Waals surface area contributed by atoms with Gasteiger partial charge in [-0.2, -0.15) is 12.6 Å². The monoisotopic (exact) mass is 267 g/mol. The predicted molar refractivity (Wildman–Crippen MR) is 73.5 cm³/mol. The molecule has 1 aromatic rings. The molecule has 18 heavy (non-hydrogen) atoms. The van der Waals surface area contributed by atoms with Crippen LogP contribution in [0.1, 0.15) is 24.8 Å². The van der Waals surface area contributed by atoms with Gasteiger partial charge < -0.3 is 4.74 Å². The van der Waals surface area contributed by atoms with Crippen LogP contribution in [0.3, 0.4) is 0 Å². The van der Waals surface area contributed by atoms with Gasteiger partial charge in [-0.25, -0.2) is 0 Å². The molecule has 0 saturated heterocycles. The van der Waals surface area contributed by atoms with Gasteiger partial charge in [-0.3, -0.25) is 10.1 Å². The number of hydrogen-bond donors (Lipinski definition) is 1. The van der Waals surface area contributed by atoms with Gasteiger partial charge >= 0.3 is 5.69 Å². The molecule has 0 N–H and O–H groups in total. The maximum atomic E-state index is 11.0. The number of nitro benzene ring substituents is 1. The van der Waals surface area contributed by atoms with Crippen molar-refractivity contribution in [2.45, 2.75) is 26.2 Å². The smallest absolute Gasteiger partial charge is 0.311 e. The third-order valence-electron chi connectivity index (χ3n) is 3.59. The van der Waals surface area contributed by atoms with E-state index < -0.39 is 4.92 Å². The standard InChI is InChI=1S/C13H17NO3S/c1-10-3-4-12(11(7-10)14(15)16)17-8-13(9-18)5-2-6-13/h3-4,7,18H,2,5-6,8-9H2,1H3. The van der Waals surface area contributed by atoms with E-state index in [-0.39, 0.29) is 11.1 Å². The van der Waals surface area contributed by atoms with Crippen molar-refractivity contribution in [3.05, 3.63) is 33.9 Å². The van der Waals surface area contributed by atoms with Crippen LogP contribution < -0.4 is 4.74 Å². The first kappa shape index (κ1) is 13.2. The van der Waals surface area contributed by atoms with Gasteiger partial charge in [0, 0.05) is 11.5 Å². The van der Waals surface area contributed by atoms with Gasteiger partial charge in [-0.15, -0.1) is 0 Å². The van der Waals surface area contributed by atoms with Crippen LogP contribution in [-0.2, 0) is 0 Å². The molecule has 5 heteroatoms. The molecule has 98 valence electrons. The fourth-order valence-electron chi connectivity index (χ4n) is 2.15. The minimum Gasteiger partial charge on any atom is -0.486 e. The minimum atomic E-state index is -0.392. The van der Waals surface area contributed by atoms with Gasteiger partial charge in [-0.05, 0) is 37.1 Å². The average Bonchev–Trinajstić information content (AvgIpc) is 2.29. The molecule has 2 rings (SSSR count). The summed E-state index contributed by atoms with van der Waals surface area (Å²) in [6.07, 6.45) is 3.38. The molecule has 0 radical (unpaired) electrons. The maximum Gasteiger partial charge on any atom is 0.311 e. The highest BCUT2D eigenvalue weighted by Gasteiger charge is 2.37. The highest BCUT2D eigenvalue weighted by atomic mass is 32.1. The summed E-state index contributed by atoms with van der Waals surface area (Å²) in [6, 6.07) is 5.05. The lowest BCUT2D eigenvalue weighted by Gasteiger charge is -2.40. The van der Waals surface area contributed by atoms with Crippen molar-refractivity contribution < 1.29 is 9.66 Å². The molecule has 0 atom stereocenters. The Labute approximate surface area is 112 Å². The summed E-state index contributed by atoms with van der Waals surface area (Å²) < 4.78 is 5.66. The SMILES string of the molecule is Cc1ccc(OCC2(CS)CCC2)c([N+](=O)[O-])c1. The summed E-state index contributed by atoms with van der Waals surface area (Å²) in [4.78, 5) is 10.6. The molecule has 0 unspecified atom stereocenters. The second kappa shape index (κ2) is 5.18. The summed E-state index contributed by atoms with van der Waals surface area (Å²) in [5.74, 6) is 1.13. The van der Waals surface area contributed by atoms with Crippen LogP contribution in [-0.4, -0.2) is 17.3 Å². The molecule has 1 aliphatic carbocycles. The molecule has 0 aromatic heterocycles. The summed E-state index contributed by atoms with van der Waals surface area (Å²) in [5.41, 5.74) is 1.02. The molecule has 1 aromatic carbocycles. The lowest BCUT2D eigenvalue weighted by Crippen LogP contribution is -2.37. The number of rotatable bonds is 5. The molecular formula is C13H17NO3S. The van der Waals surface area contributed by atoms with E-state index in [0.29, 0.717) is 12.4 Å². The molecule has 0 aliphatic heterocycles. The number of benzene rings is 1. The van der Waals surface area contributed by atoms with E-state index in [1.807, 2.05) is 13.0 Å². The largest absolute Gasteiger partial charge is 0.486 e. The molecule has 1 fully saturated rings. The number of nitro groups is 1. The number of nitrogens with zero attached hydrogens (tertiary/aromatic N) is 1.